The van der Waals surface area contributed by atoms with Crippen molar-refractivity contribution in [2.24, 2.45) is 0 Å². The van der Waals surface area contributed by atoms with Crippen molar-refractivity contribution in [2.75, 3.05) is 4.90 Å². The van der Waals surface area contributed by atoms with Gasteiger partial charge in [0.25, 0.3) is 0 Å². The maximum Gasteiger partial charge on any atom is 0.328 e. The fourth-order valence-electron chi connectivity index (χ4n) is 2.91. The Morgan fingerprint density at radius 3 is 2.85 bits per heavy atom. The van der Waals surface area contributed by atoms with Crippen molar-refractivity contribution in [1.82, 2.24) is 0 Å². The third-order valence-electron chi connectivity index (χ3n) is 3.93. The number of carboxylic acids is 1. The van der Waals surface area contributed by atoms with Gasteiger partial charge < -0.3 is 10.0 Å². The van der Waals surface area contributed by atoms with Crippen LogP contribution in [0.5, 0.6) is 0 Å². The zero-order chi connectivity index (χ0) is 14.7. The van der Waals surface area contributed by atoms with Gasteiger partial charge in [0.05, 0.1) is 10.7 Å². The summed E-state index contributed by atoms with van der Waals surface area (Å²) in [5, 5.41) is 9.33. The first-order valence-corrected chi connectivity index (χ1v) is 7.39. The minimum absolute atomic E-state index is 0.498. The molecule has 0 bridgehead atoms. The Labute approximate surface area is 124 Å². The quantitative estimate of drug-likeness (QED) is 0.846. The van der Waals surface area contributed by atoms with Crippen molar-refractivity contribution >= 4 is 29.3 Å². The first-order valence-electron chi connectivity index (χ1n) is 7.01. The zero-order valence-electron chi connectivity index (χ0n) is 11.8. The van der Waals surface area contributed by atoms with Crippen LogP contribution in [0.15, 0.2) is 24.3 Å². The van der Waals surface area contributed by atoms with Gasteiger partial charge in [-0.15, -0.1) is 0 Å². The third-order valence-corrected chi connectivity index (χ3v) is 4.23. The molecule has 0 spiro atoms. The van der Waals surface area contributed by atoms with Crippen molar-refractivity contribution in [2.45, 2.75) is 45.2 Å². The minimum atomic E-state index is -0.954. The summed E-state index contributed by atoms with van der Waals surface area (Å²) in [4.78, 5) is 12.9. The molecular weight excluding hydrogens is 274 g/mol. The summed E-state index contributed by atoms with van der Waals surface area (Å²) < 4.78 is 0. The van der Waals surface area contributed by atoms with Gasteiger partial charge in [0.1, 0.15) is 0 Å². The Morgan fingerprint density at radius 1 is 1.50 bits per heavy atom. The molecule has 1 saturated heterocycles. The van der Waals surface area contributed by atoms with Crippen molar-refractivity contribution in [3.05, 3.63) is 34.9 Å². The van der Waals surface area contributed by atoms with Crippen LogP contribution in [0.4, 0.5) is 5.69 Å². The second kappa shape index (κ2) is 6.31. The average Bonchev–Trinajstić information content (AvgIpc) is 2.77. The number of aliphatic carboxylic acids is 1. The first kappa shape index (κ1) is 14.9. The Hall–Kier alpha value is -1.48. The molecule has 20 heavy (non-hydrogen) atoms. The highest BCUT2D eigenvalue weighted by molar-refractivity contribution is 6.33. The third kappa shape index (κ3) is 3.15. The van der Waals surface area contributed by atoms with Gasteiger partial charge in [-0.2, -0.15) is 0 Å². The number of anilines is 1. The second-order valence-corrected chi connectivity index (χ2v) is 5.69. The first-order chi connectivity index (χ1) is 9.52. The molecule has 108 valence electrons. The van der Waals surface area contributed by atoms with Crippen molar-refractivity contribution in [1.29, 1.82) is 0 Å². The summed E-state index contributed by atoms with van der Waals surface area (Å²) >= 11 is 6.39. The van der Waals surface area contributed by atoms with Crippen LogP contribution >= 0.6 is 11.6 Å². The van der Waals surface area contributed by atoms with Crippen molar-refractivity contribution < 1.29 is 9.90 Å². The van der Waals surface area contributed by atoms with E-state index in [4.69, 9.17) is 16.7 Å². The summed E-state index contributed by atoms with van der Waals surface area (Å²) in [5.41, 5.74) is 1.86. The Balaban J connectivity index is 2.27. The Kier molecular flexibility index (Phi) is 4.71. The molecular formula is C16H20ClNO2. The van der Waals surface area contributed by atoms with Crippen LogP contribution in [-0.2, 0) is 4.79 Å². The number of benzene rings is 1. The van der Waals surface area contributed by atoms with E-state index in [0.29, 0.717) is 17.1 Å². The van der Waals surface area contributed by atoms with E-state index in [1.165, 1.54) is 12.8 Å². The molecule has 2 atom stereocenters. The molecule has 1 aliphatic heterocycles. The van der Waals surface area contributed by atoms with Gasteiger partial charge in [0.15, 0.2) is 0 Å². The molecule has 0 saturated carbocycles. The molecule has 1 aromatic rings. The highest BCUT2D eigenvalue weighted by Gasteiger charge is 2.30. The molecule has 2 rings (SSSR count). The monoisotopic (exact) mass is 293 g/mol. The molecule has 0 aromatic heterocycles. The van der Waals surface area contributed by atoms with Crippen LogP contribution in [-0.4, -0.2) is 23.2 Å². The smallest absolute Gasteiger partial charge is 0.328 e. The van der Waals surface area contributed by atoms with Crippen LogP contribution < -0.4 is 4.90 Å². The lowest BCUT2D eigenvalue weighted by molar-refractivity contribution is -0.131. The van der Waals surface area contributed by atoms with Crippen LogP contribution in [0.1, 0.15) is 38.7 Å². The summed E-state index contributed by atoms with van der Waals surface area (Å²) in [7, 11) is 0. The van der Waals surface area contributed by atoms with Crippen molar-refractivity contribution in [3.8, 4) is 0 Å². The summed E-state index contributed by atoms with van der Waals surface area (Å²) in [5.74, 6) is -0.954. The van der Waals surface area contributed by atoms with Crippen LogP contribution in [0, 0.1) is 0 Å². The lowest BCUT2D eigenvalue weighted by Gasteiger charge is -2.31. The van der Waals surface area contributed by atoms with E-state index in [1.54, 1.807) is 6.08 Å². The Bertz CT molecular complexity index is 527. The lowest BCUT2D eigenvalue weighted by Crippen LogP contribution is -2.34. The largest absolute Gasteiger partial charge is 0.478 e. The molecule has 0 radical (unpaired) electrons. The molecule has 0 aliphatic carbocycles. The number of hydrogen-bond donors (Lipinski definition) is 1. The molecule has 4 heteroatoms. The topological polar surface area (TPSA) is 40.5 Å². The lowest BCUT2D eigenvalue weighted by atomic mass is 10.1. The van der Waals surface area contributed by atoms with Gasteiger partial charge in [-0.1, -0.05) is 24.6 Å². The molecule has 3 nitrogen and oxygen atoms in total. The van der Waals surface area contributed by atoms with E-state index in [9.17, 15) is 4.79 Å². The average molecular weight is 294 g/mol. The fraction of sp³-hybridized carbons (Fsp3) is 0.438. The Morgan fingerprint density at radius 2 is 2.25 bits per heavy atom. The van der Waals surface area contributed by atoms with Gasteiger partial charge >= 0.3 is 5.97 Å². The summed E-state index contributed by atoms with van der Waals surface area (Å²) in [6.07, 6.45) is 6.19. The molecule has 1 aromatic carbocycles. The van der Waals surface area contributed by atoms with E-state index < -0.39 is 5.97 Å². The van der Waals surface area contributed by atoms with E-state index in [0.717, 1.165) is 23.7 Å². The van der Waals surface area contributed by atoms with Gasteiger partial charge in [-0.3, -0.25) is 0 Å². The normalized spacial score (nSPS) is 22.6. The highest BCUT2D eigenvalue weighted by Crippen LogP contribution is 2.36. The van der Waals surface area contributed by atoms with Gasteiger partial charge in [-0.05, 0) is 50.0 Å². The van der Waals surface area contributed by atoms with Gasteiger partial charge in [0.2, 0.25) is 0 Å². The van der Waals surface area contributed by atoms with Gasteiger partial charge in [0, 0.05) is 18.2 Å². The molecule has 2 unspecified atom stereocenters. The number of nitrogens with zero attached hydrogens (tertiary/aromatic N) is 1. The number of carbonyl (C=O) groups is 1. The predicted molar refractivity (Wildman–Crippen MR) is 83.4 cm³/mol. The molecule has 1 fully saturated rings. The second-order valence-electron chi connectivity index (χ2n) is 5.28. The maximum atomic E-state index is 10.5. The van der Waals surface area contributed by atoms with E-state index >= 15 is 0 Å². The molecule has 1 aliphatic rings. The molecule has 0 amide bonds. The minimum Gasteiger partial charge on any atom is -0.478 e. The summed E-state index contributed by atoms with van der Waals surface area (Å²) in [6.45, 7) is 4.43. The van der Waals surface area contributed by atoms with Crippen molar-refractivity contribution in [3.63, 3.8) is 0 Å². The number of rotatable bonds is 4. The highest BCUT2D eigenvalue weighted by atomic mass is 35.5. The standard InChI is InChI=1S/C16H20ClNO2/c1-3-13-7-4-11(2)18(13)15-8-5-12(10-14(15)17)6-9-16(19)20/h5-6,8-11,13H,3-4,7H2,1-2H3,(H,19,20)/b9-6+. The number of halogens is 1. The van der Waals surface area contributed by atoms with Gasteiger partial charge in [-0.25, -0.2) is 4.79 Å². The number of carboxylic acid groups (broad SMARTS) is 1. The number of hydrogen-bond acceptors (Lipinski definition) is 2. The zero-order valence-corrected chi connectivity index (χ0v) is 12.6. The van der Waals surface area contributed by atoms with Crippen LogP contribution in [0.25, 0.3) is 6.08 Å². The molecule has 1 N–H and O–H groups in total. The molecule has 1 heterocycles. The van der Waals surface area contributed by atoms with Crippen LogP contribution in [0.2, 0.25) is 5.02 Å². The SMILES string of the molecule is CCC1CCC(C)N1c1ccc(/C=C/C(=O)O)cc1Cl. The summed E-state index contributed by atoms with van der Waals surface area (Å²) in [6, 6.07) is 6.78. The fourth-order valence-corrected chi connectivity index (χ4v) is 3.20. The van der Waals surface area contributed by atoms with E-state index in [2.05, 4.69) is 18.7 Å². The van der Waals surface area contributed by atoms with E-state index in [-0.39, 0.29) is 0 Å². The maximum absolute atomic E-state index is 10.5. The van der Waals surface area contributed by atoms with Crippen LogP contribution in [0.3, 0.4) is 0 Å². The predicted octanol–water partition coefficient (Wildman–Crippen LogP) is 4.21. The van der Waals surface area contributed by atoms with E-state index in [1.807, 2.05) is 18.2 Å².